The molecule has 0 radical (unpaired) electrons. The summed E-state index contributed by atoms with van der Waals surface area (Å²) < 4.78 is 6.18. The van der Waals surface area contributed by atoms with Gasteiger partial charge in [-0.05, 0) is 48.2 Å². The molecule has 2 N–H and O–H groups in total. The average molecular weight is 383 g/mol. The number of aromatic nitrogens is 5. The molecular weight excluding hydrogens is 362 g/mol. The predicted molar refractivity (Wildman–Crippen MR) is 113 cm³/mol. The van der Waals surface area contributed by atoms with Crippen LogP contribution in [-0.2, 0) is 0 Å². The first-order chi connectivity index (χ1) is 14.4. The third-order valence-corrected chi connectivity index (χ3v) is 6.09. The van der Waals surface area contributed by atoms with Gasteiger partial charge in [0.15, 0.2) is 0 Å². The summed E-state index contributed by atoms with van der Waals surface area (Å²) in [6, 6.07) is 12.7. The van der Waals surface area contributed by atoms with E-state index in [0.29, 0.717) is 11.8 Å². The van der Waals surface area contributed by atoms with Gasteiger partial charge in [0, 0.05) is 28.4 Å². The number of rotatable bonds is 3. The van der Waals surface area contributed by atoms with Gasteiger partial charge in [0.25, 0.3) is 0 Å². The second-order valence-corrected chi connectivity index (χ2v) is 7.88. The van der Waals surface area contributed by atoms with Crippen molar-refractivity contribution in [1.29, 1.82) is 0 Å². The summed E-state index contributed by atoms with van der Waals surface area (Å²) in [6.07, 6.45) is 9.86. The van der Waals surface area contributed by atoms with E-state index in [-0.39, 0.29) is 0 Å². The molecule has 2 aromatic carbocycles. The summed E-state index contributed by atoms with van der Waals surface area (Å²) in [5, 5.41) is 18.3. The molecule has 1 fully saturated rings. The Kier molecular flexibility index (Phi) is 3.75. The monoisotopic (exact) mass is 383 g/mol. The van der Waals surface area contributed by atoms with Crippen molar-refractivity contribution >= 4 is 21.8 Å². The molecule has 1 aliphatic carbocycles. The Morgan fingerprint density at radius 1 is 0.897 bits per heavy atom. The topological polar surface area (TPSA) is 83.4 Å². The van der Waals surface area contributed by atoms with E-state index in [9.17, 15) is 0 Å². The van der Waals surface area contributed by atoms with Crippen LogP contribution in [0.3, 0.4) is 0 Å². The Morgan fingerprint density at radius 3 is 2.76 bits per heavy atom. The minimum absolute atomic E-state index is 0.390. The molecule has 0 aliphatic heterocycles. The van der Waals surface area contributed by atoms with Crippen LogP contribution in [-0.4, -0.2) is 25.4 Å². The normalized spacial score (nSPS) is 15.4. The second-order valence-electron chi connectivity index (χ2n) is 7.88. The van der Waals surface area contributed by atoms with Crippen LogP contribution < -0.4 is 0 Å². The van der Waals surface area contributed by atoms with E-state index in [1.165, 1.54) is 24.6 Å². The van der Waals surface area contributed by atoms with Gasteiger partial charge >= 0.3 is 0 Å². The van der Waals surface area contributed by atoms with E-state index in [1.807, 2.05) is 12.4 Å². The number of hydrogen-bond acceptors (Lipinski definition) is 4. The van der Waals surface area contributed by atoms with Gasteiger partial charge in [-0.1, -0.05) is 31.4 Å². The lowest BCUT2D eigenvalue weighted by Crippen LogP contribution is -2.04. The third-order valence-electron chi connectivity index (χ3n) is 6.09. The van der Waals surface area contributed by atoms with Crippen LogP contribution in [0.4, 0.5) is 0 Å². The molecule has 29 heavy (non-hydrogen) atoms. The van der Waals surface area contributed by atoms with Crippen LogP contribution in [0, 0.1) is 0 Å². The van der Waals surface area contributed by atoms with E-state index < -0.39 is 0 Å². The van der Waals surface area contributed by atoms with E-state index in [4.69, 9.17) is 4.42 Å². The molecule has 5 aromatic rings. The summed E-state index contributed by atoms with van der Waals surface area (Å²) in [7, 11) is 0. The maximum Gasteiger partial charge on any atom is 0.248 e. The van der Waals surface area contributed by atoms with Gasteiger partial charge in [0.2, 0.25) is 11.8 Å². The van der Waals surface area contributed by atoms with Crippen LogP contribution in [0.25, 0.3) is 44.4 Å². The molecule has 6 rings (SSSR count). The highest BCUT2D eigenvalue weighted by Gasteiger charge is 2.23. The van der Waals surface area contributed by atoms with Crippen molar-refractivity contribution in [3.63, 3.8) is 0 Å². The zero-order valence-corrected chi connectivity index (χ0v) is 16.0. The summed E-state index contributed by atoms with van der Waals surface area (Å²) in [4.78, 5) is 3.29. The fourth-order valence-electron chi connectivity index (χ4n) is 4.58. The van der Waals surface area contributed by atoms with Crippen molar-refractivity contribution in [3.8, 4) is 22.6 Å². The molecule has 6 nitrogen and oxygen atoms in total. The van der Waals surface area contributed by atoms with E-state index in [2.05, 4.69) is 61.8 Å². The number of fused-ring (bicyclic) bond motifs is 2. The Labute approximate surface area is 167 Å². The first-order valence-corrected chi connectivity index (χ1v) is 10.2. The lowest BCUT2D eigenvalue weighted by molar-refractivity contribution is 0.367. The van der Waals surface area contributed by atoms with Crippen molar-refractivity contribution in [2.75, 3.05) is 0 Å². The van der Waals surface area contributed by atoms with E-state index in [0.717, 1.165) is 51.8 Å². The molecule has 6 heteroatoms. The lowest BCUT2D eigenvalue weighted by atomic mass is 9.89. The van der Waals surface area contributed by atoms with Crippen LogP contribution in [0.1, 0.15) is 43.9 Å². The third kappa shape index (κ3) is 2.75. The van der Waals surface area contributed by atoms with E-state index >= 15 is 0 Å². The lowest BCUT2D eigenvalue weighted by Gasteiger charge is -2.17. The number of nitrogens with zero attached hydrogens (tertiary/aromatic N) is 3. The molecule has 1 aliphatic rings. The quantitative estimate of drug-likeness (QED) is 0.412. The molecule has 0 saturated heterocycles. The Morgan fingerprint density at radius 2 is 1.83 bits per heavy atom. The number of benzene rings is 2. The van der Waals surface area contributed by atoms with Crippen LogP contribution in [0.2, 0.25) is 0 Å². The SMILES string of the molecule is c1cc(-c2cc(-c3nnc(C4CCCCC4)o3)c3cn[nH]c3c2)c2cc[nH]c2c1. The van der Waals surface area contributed by atoms with Gasteiger partial charge in [0.1, 0.15) is 0 Å². The van der Waals surface area contributed by atoms with Crippen molar-refractivity contribution in [2.24, 2.45) is 0 Å². The highest BCUT2D eigenvalue weighted by Crippen LogP contribution is 2.37. The summed E-state index contributed by atoms with van der Waals surface area (Å²) in [6.45, 7) is 0. The summed E-state index contributed by atoms with van der Waals surface area (Å²) in [5.74, 6) is 1.73. The van der Waals surface area contributed by atoms with Crippen LogP contribution in [0.5, 0.6) is 0 Å². The van der Waals surface area contributed by atoms with Crippen molar-refractivity contribution in [1.82, 2.24) is 25.4 Å². The fourth-order valence-corrected chi connectivity index (χ4v) is 4.58. The maximum absolute atomic E-state index is 6.18. The van der Waals surface area contributed by atoms with Gasteiger partial charge in [-0.15, -0.1) is 10.2 Å². The minimum Gasteiger partial charge on any atom is -0.420 e. The predicted octanol–water partition coefficient (Wildman–Crippen LogP) is 5.81. The molecule has 0 atom stereocenters. The van der Waals surface area contributed by atoms with Gasteiger partial charge in [0.05, 0.1) is 17.3 Å². The van der Waals surface area contributed by atoms with Gasteiger partial charge < -0.3 is 9.40 Å². The highest BCUT2D eigenvalue weighted by molar-refractivity contribution is 6.01. The zero-order chi connectivity index (χ0) is 19.2. The first kappa shape index (κ1) is 16.5. The standard InChI is InChI=1S/C23H21N5O/c1-2-5-14(6-3-1)22-27-28-23(29-22)18-11-15(12-21-19(18)13-25-26-21)16-7-4-8-20-17(16)9-10-24-20/h4,7-14,24H,1-3,5-6H2,(H,25,26). The Balaban J connectivity index is 1.50. The Hall–Kier alpha value is -3.41. The van der Waals surface area contributed by atoms with E-state index in [1.54, 1.807) is 0 Å². The largest absolute Gasteiger partial charge is 0.420 e. The molecule has 3 aromatic heterocycles. The van der Waals surface area contributed by atoms with Crippen molar-refractivity contribution < 1.29 is 4.42 Å². The Bertz CT molecular complexity index is 1310. The summed E-state index contributed by atoms with van der Waals surface area (Å²) >= 11 is 0. The smallest absolute Gasteiger partial charge is 0.248 e. The maximum atomic E-state index is 6.18. The molecule has 1 saturated carbocycles. The fraction of sp³-hybridized carbons (Fsp3) is 0.261. The van der Waals surface area contributed by atoms with Gasteiger partial charge in [-0.3, -0.25) is 5.10 Å². The molecule has 0 unspecified atom stereocenters. The zero-order valence-electron chi connectivity index (χ0n) is 16.0. The molecule has 3 heterocycles. The number of hydrogen-bond donors (Lipinski definition) is 2. The minimum atomic E-state index is 0.390. The van der Waals surface area contributed by atoms with Gasteiger partial charge in [-0.2, -0.15) is 5.10 Å². The highest BCUT2D eigenvalue weighted by atomic mass is 16.4. The van der Waals surface area contributed by atoms with Gasteiger partial charge in [-0.25, -0.2) is 0 Å². The molecule has 144 valence electrons. The summed E-state index contributed by atoms with van der Waals surface area (Å²) in [5.41, 5.74) is 5.26. The molecule has 0 spiro atoms. The molecular formula is C23H21N5O. The second kappa shape index (κ2) is 6.58. The number of aromatic amines is 2. The first-order valence-electron chi connectivity index (χ1n) is 10.2. The molecule has 0 amide bonds. The van der Waals surface area contributed by atoms with Crippen molar-refractivity contribution in [3.05, 3.63) is 54.7 Å². The average Bonchev–Trinajstić information content (AvgIpc) is 3.53. The van der Waals surface area contributed by atoms with Crippen LogP contribution >= 0.6 is 0 Å². The molecule has 0 bridgehead atoms. The number of H-pyrrole nitrogens is 2. The number of nitrogens with one attached hydrogen (secondary N) is 2. The van der Waals surface area contributed by atoms with Crippen LogP contribution in [0.15, 0.2) is 53.2 Å². The van der Waals surface area contributed by atoms with Crippen molar-refractivity contribution in [2.45, 2.75) is 38.0 Å².